The molecule has 2 N–H and O–H groups in total. The number of aryl methyl sites for hydroxylation is 1. The quantitative estimate of drug-likeness (QED) is 0.912. The van der Waals surface area contributed by atoms with E-state index >= 15 is 0 Å². The summed E-state index contributed by atoms with van der Waals surface area (Å²) in [5.41, 5.74) is 1.48. The van der Waals surface area contributed by atoms with Crippen LogP contribution < -0.4 is 10.6 Å². The van der Waals surface area contributed by atoms with Crippen molar-refractivity contribution < 1.29 is 4.79 Å². The molecule has 2 heterocycles. The Labute approximate surface area is 119 Å². The topological polar surface area (TPSA) is 66.9 Å². The zero-order valence-electron chi connectivity index (χ0n) is 10.6. The number of hydrogen-bond acceptors (Lipinski definition) is 4. The SMILES string of the molecule is CNc1ncccc1C(=O)Nc1cc(C)c(Br)cn1. The minimum Gasteiger partial charge on any atom is -0.372 e. The second-order valence-electron chi connectivity index (χ2n) is 3.92. The predicted molar refractivity (Wildman–Crippen MR) is 78.4 cm³/mol. The second-order valence-corrected chi connectivity index (χ2v) is 4.78. The van der Waals surface area contributed by atoms with Gasteiger partial charge >= 0.3 is 0 Å². The van der Waals surface area contributed by atoms with E-state index in [9.17, 15) is 4.79 Å². The molecule has 5 nitrogen and oxygen atoms in total. The van der Waals surface area contributed by atoms with E-state index in [1.165, 1.54) is 0 Å². The monoisotopic (exact) mass is 320 g/mol. The summed E-state index contributed by atoms with van der Waals surface area (Å²) in [6.07, 6.45) is 3.29. The summed E-state index contributed by atoms with van der Waals surface area (Å²) in [7, 11) is 1.72. The highest BCUT2D eigenvalue weighted by molar-refractivity contribution is 9.10. The standard InChI is InChI=1S/C13H13BrN4O/c1-8-6-11(17-7-10(8)14)18-13(19)9-4-3-5-16-12(9)15-2/h3-7H,1-2H3,(H,15,16)(H,17,18,19). The Morgan fingerprint density at radius 2 is 2.16 bits per heavy atom. The molecule has 0 aliphatic rings. The van der Waals surface area contributed by atoms with Gasteiger partial charge in [-0.05, 0) is 46.6 Å². The third-order valence-electron chi connectivity index (χ3n) is 2.58. The van der Waals surface area contributed by atoms with Crippen LogP contribution in [0.3, 0.4) is 0 Å². The first kappa shape index (κ1) is 13.5. The van der Waals surface area contributed by atoms with E-state index < -0.39 is 0 Å². The molecule has 0 fully saturated rings. The first-order valence-electron chi connectivity index (χ1n) is 5.68. The molecule has 0 bridgehead atoms. The van der Waals surface area contributed by atoms with Crippen LogP contribution in [-0.4, -0.2) is 22.9 Å². The maximum atomic E-state index is 12.1. The number of hydrogen-bond donors (Lipinski definition) is 2. The summed E-state index contributed by atoms with van der Waals surface area (Å²) in [5.74, 6) is 0.803. The molecule has 0 atom stereocenters. The van der Waals surface area contributed by atoms with Crippen molar-refractivity contribution in [1.82, 2.24) is 9.97 Å². The van der Waals surface area contributed by atoms with E-state index in [1.807, 2.05) is 6.92 Å². The number of pyridine rings is 2. The van der Waals surface area contributed by atoms with E-state index in [0.29, 0.717) is 17.2 Å². The summed E-state index contributed by atoms with van der Waals surface area (Å²) in [5, 5.41) is 5.63. The highest BCUT2D eigenvalue weighted by Gasteiger charge is 2.12. The van der Waals surface area contributed by atoms with E-state index in [4.69, 9.17) is 0 Å². The molecule has 0 aromatic carbocycles. The molecule has 19 heavy (non-hydrogen) atoms. The van der Waals surface area contributed by atoms with Gasteiger partial charge in [0, 0.05) is 23.9 Å². The lowest BCUT2D eigenvalue weighted by Crippen LogP contribution is -2.15. The minimum absolute atomic E-state index is 0.244. The Hall–Kier alpha value is -1.95. The molecule has 1 amide bonds. The van der Waals surface area contributed by atoms with Crippen LogP contribution >= 0.6 is 15.9 Å². The Morgan fingerprint density at radius 1 is 1.37 bits per heavy atom. The van der Waals surface area contributed by atoms with Crippen molar-refractivity contribution in [1.29, 1.82) is 0 Å². The van der Waals surface area contributed by atoms with E-state index in [0.717, 1.165) is 10.0 Å². The summed E-state index contributed by atoms with van der Waals surface area (Å²) in [6.45, 7) is 1.94. The maximum Gasteiger partial charge on any atom is 0.260 e. The van der Waals surface area contributed by atoms with Gasteiger partial charge in [0.05, 0.1) is 5.56 Å². The normalized spacial score (nSPS) is 10.1. The molecule has 98 valence electrons. The summed E-state index contributed by atoms with van der Waals surface area (Å²) >= 11 is 3.37. The number of carbonyl (C=O) groups is 1. The lowest BCUT2D eigenvalue weighted by Gasteiger charge is -2.09. The van der Waals surface area contributed by atoms with Crippen LogP contribution in [0.5, 0.6) is 0 Å². The smallest absolute Gasteiger partial charge is 0.260 e. The summed E-state index contributed by atoms with van der Waals surface area (Å²) < 4.78 is 0.905. The van der Waals surface area contributed by atoms with Crippen LogP contribution in [-0.2, 0) is 0 Å². The molecule has 0 aliphatic heterocycles. The van der Waals surface area contributed by atoms with Gasteiger partial charge in [0.15, 0.2) is 0 Å². The second kappa shape index (κ2) is 5.79. The molecule has 2 aromatic heterocycles. The van der Waals surface area contributed by atoms with Crippen molar-refractivity contribution >= 4 is 33.5 Å². The third-order valence-corrected chi connectivity index (χ3v) is 3.41. The average molecular weight is 321 g/mol. The molecular formula is C13H13BrN4O. The van der Waals surface area contributed by atoms with Crippen molar-refractivity contribution in [3.63, 3.8) is 0 Å². The van der Waals surface area contributed by atoms with Crippen molar-refractivity contribution in [3.8, 4) is 0 Å². The van der Waals surface area contributed by atoms with Gasteiger partial charge < -0.3 is 10.6 Å². The molecule has 0 aliphatic carbocycles. The maximum absolute atomic E-state index is 12.1. The molecule has 0 radical (unpaired) electrons. The highest BCUT2D eigenvalue weighted by atomic mass is 79.9. The number of carbonyl (C=O) groups excluding carboxylic acids is 1. The summed E-state index contributed by atoms with van der Waals surface area (Å²) in [4.78, 5) is 20.4. The van der Waals surface area contributed by atoms with Gasteiger partial charge in [-0.1, -0.05) is 0 Å². The first-order chi connectivity index (χ1) is 9.11. The third kappa shape index (κ3) is 3.08. The van der Waals surface area contributed by atoms with Crippen molar-refractivity contribution in [2.45, 2.75) is 6.92 Å². The minimum atomic E-state index is -0.244. The number of halogens is 1. The van der Waals surface area contributed by atoms with E-state index in [2.05, 4.69) is 36.5 Å². The molecule has 0 saturated heterocycles. The van der Waals surface area contributed by atoms with Gasteiger partial charge in [-0.25, -0.2) is 9.97 Å². The van der Waals surface area contributed by atoms with Gasteiger partial charge in [-0.2, -0.15) is 0 Å². The molecule has 0 unspecified atom stereocenters. The zero-order chi connectivity index (χ0) is 13.8. The Morgan fingerprint density at radius 3 is 2.84 bits per heavy atom. The first-order valence-corrected chi connectivity index (χ1v) is 6.47. The number of anilines is 2. The van der Waals surface area contributed by atoms with Crippen molar-refractivity contribution in [2.75, 3.05) is 17.7 Å². The lowest BCUT2D eigenvalue weighted by atomic mass is 10.2. The van der Waals surface area contributed by atoms with Gasteiger partial charge in [0.1, 0.15) is 11.6 Å². The number of aromatic nitrogens is 2. The Bertz CT molecular complexity index is 615. The Kier molecular flexibility index (Phi) is 4.11. The van der Waals surface area contributed by atoms with Crippen LogP contribution in [0.15, 0.2) is 35.1 Å². The van der Waals surface area contributed by atoms with Crippen LogP contribution in [0.25, 0.3) is 0 Å². The summed E-state index contributed by atoms with van der Waals surface area (Å²) in [6, 6.07) is 5.23. The lowest BCUT2D eigenvalue weighted by molar-refractivity contribution is 0.102. The van der Waals surface area contributed by atoms with Gasteiger partial charge in [0.2, 0.25) is 0 Å². The predicted octanol–water partition coefficient (Wildman–Crippen LogP) is 2.84. The molecule has 2 aromatic rings. The van der Waals surface area contributed by atoms with Crippen LogP contribution in [0.1, 0.15) is 15.9 Å². The fourth-order valence-corrected chi connectivity index (χ4v) is 1.80. The van der Waals surface area contributed by atoms with Crippen molar-refractivity contribution in [3.05, 3.63) is 46.2 Å². The molecular weight excluding hydrogens is 308 g/mol. The van der Waals surface area contributed by atoms with Crippen LogP contribution in [0.4, 0.5) is 11.6 Å². The van der Waals surface area contributed by atoms with Gasteiger partial charge in [-0.3, -0.25) is 4.79 Å². The number of nitrogens with zero attached hydrogens (tertiary/aromatic N) is 2. The van der Waals surface area contributed by atoms with E-state index in [1.54, 1.807) is 37.6 Å². The number of amides is 1. The van der Waals surface area contributed by atoms with E-state index in [-0.39, 0.29) is 5.91 Å². The zero-order valence-corrected chi connectivity index (χ0v) is 12.2. The molecule has 0 saturated carbocycles. The van der Waals surface area contributed by atoms with Gasteiger partial charge in [0.25, 0.3) is 5.91 Å². The fraction of sp³-hybridized carbons (Fsp3) is 0.154. The molecule has 2 rings (SSSR count). The number of nitrogens with one attached hydrogen (secondary N) is 2. The van der Waals surface area contributed by atoms with Crippen molar-refractivity contribution in [2.24, 2.45) is 0 Å². The van der Waals surface area contributed by atoms with Crippen LogP contribution in [0.2, 0.25) is 0 Å². The van der Waals surface area contributed by atoms with Gasteiger partial charge in [-0.15, -0.1) is 0 Å². The molecule has 6 heteroatoms. The highest BCUT2D eigenvalue weighted by Crippen LogP contribution is 2.18. The average Bonchev–Trinajstić information content (AvgIpc) is 2.43. The Balaban J connectivity index is 2.23. The largest absolute Gasteiger partial charge is 0.372 e. The number of rotatable bonds is 3. The molecule has 0 spiro atoms. The fourth-order valence-electron chi connectivity index (χ4n) is 1.58. The van der Waals surface area contributed by atoms with Crippen LogP contribution in [0, 0.1) is 6.92 Å².